The Labute approximate surface area is 170 Å². The Morgan fingerprint density at radius 3 is 2.33 bits per heavy atom. The average Bonchev–Trinajstić information content (AvgIpc) is 3.43. The van der Waals surface area contributed by atoms with E-state index in [-0.39, 0.29) is 0 Å². The summed E-state index contributed by atoms with van der Waals surface area (Å²) >= 11 is 0. The van der Waals surface area contributed by atoms with E-state index in [2.05, 4.69) is 47.2 Å². The molecule has 7 nitrogen and oxygen atoms in total. The third-order valence-corrected chi connectivity index (χ3v) is 5.18. The molecule has 0 aliphatic rings. The molecule has 6 heterocycles. The predicted molar refractivity (Wildman–Crippen MR) is 115 cm³/mol. The van der Waals surface area contributed by atoms with Crippen LogP contribution in [0.2, 0.25) is 0 Å². The van der Waals surface area contributed by atoms with Gasteiger partial charge in [0.25, 0.3) is 0 Å². The first-order chi connectivity index (χ1) is 14.9. The highest BCUT2D eigenvalue weighted by Crippen LogP contribution is 2.33. The van der Waals surface area contributed by atoms with E-state index in [9.17, 15) is 0 Å². The van der Waals surface area contributed by atoms with Crippen molar-refractivity contribution in [2.75, 3.05) is 0 Å². The summed E-state index contributed by atoms with van der Waals surface area (Å²) in [6.07, 6.45) is 10.8. The number of aromatic nitrogens is 7. The molecule has 7 heteroatoms. The van der Waals surface area contributed by atoms with Gasteiger partial charge in [0.05, 0.1) is 11.4 Å². The number of fused-ring (bicyclic) bond motifs is 2. The first-order valence-electron chi connectivity index (χ1n) is 9.50. The van der Waals surface area contributed by atoms with Crippen LogP contribution < -0.4 is 0 Å². The van der Waals surface area contributed by atoms with E-state index in [1.165, 1.54) is 0 Å². The molecule has 0 aliphatic carbocycles. The Hall–Kier alpha value is -4.39. The number of aromatic amines is 2. The molecule has 0 aromatic carbocycles. The van der Waals surface area contributed by atoms with E-state index in [1.807, 2.05) is 48.9 Å². The lowest BCUT2D eigenvalue weighted by Gasteiger charge is -2.01. The second-order valence-electron chi connectivity index (χ2n) is 6.98. The maximum Gasteiger partial charge on any atom is 0.181 e. The molecule has 0 spiro atoms. The van der Waals surface area contributed by atoms with Crippen LogP contribution in [0.1, 0.15) is 0 Å². The maximum atomic E-state index is 4.51. The number of rotatable bonds is 3. The van der Waals surface area contributed by atoms with Crippen molar-refractivity contribution in [3.05, 3.63) is 79.6 Å². The molecule has 30 heavy (non-hydrogen) atoms. The number of pyridine rings is 4. The molecule has 6 aromatic rings. The standard InChI is InChI=1S/C23H15N7/c1-3-14(11-24-6-1)16-9-19-21(29-30-23(19)27-13-16)20-10-18-17(5-8-26-22(18)28-20)15-4-2-7-25-12-15/h1-13H,(H,26,28)(H,27,29,30). The summed E-state index contributed by atoms with van der Waals surface area (Å²) in [7, 11) is 0. The summed E-state index contributed by atoms with van der Waals surface area (Å²) < 4.78 is 0. The predicted octanol–water partition coefficient (Wildman–Crippen LogP) is 4.63. The van der Waals surface area contributed by atoms with E-state index in [0.29, 0.717) is 5.65 Å². The number of hydrogen-bond acceptors (Lipinski definition) is 5. The van der Waals surface area contributed by atoms with Crippen LogP contribution in [0.4, 0.5) is 0 Å². The smallest absolute Gasteiger partial charge is 0.181 e. The van der Waals surface area contributed by atoms with Gasteiger partial charge < -0.3 is 4.98 Å². The number of nitrogens with one attached hydrogen (secondary N) is 2. The summed E-state index contributed by atoms with van der Waals surface area (Å²) in [5.74, 6) is 0. The third kappa shape index (κ3) is 2.64. The molecule has 6 aromatic heterocycles. The zero-order valence-corrected chi connectivity index (χ0v) is 15.7. The first kappa shape index (κ1) is 16.6. The molecule has 0 bridgehead atoms. The summed E-state index contributed by atoms with van der Waals surface area (Å²) in [6, 6.07) is 14.1. The fraction of sp³-hybridized carbons (Fsp3) is 0. The lowest BCUT2D eigenvalue weighted by atomic mass is 10.1. The molecular formula is C23H15N7. The minimum atomic E-state index is 0.664. The molecule has 0 atom stereocenters. The fourth-order valence-corrected chi connectivity index (χ4v) is 3.73. The highest BCUT2D eigenvalue weighted by molar-refractivity contribution is 5.99. The lowest BCUT2D eigenvalue weighted by Crippen LogP contribution is -1.83. The van der Waals surface area contributed by atoms with Crippen LogP contribution in [0, 0.1) is 0 Å². The van der Waals surface area contributed by atoms with E-state index in [1.54, 1.807) is 18.6 Å². The Morgan fingerprint density at radius 2 is 1.53 bits per heavy atom. The molecule has 0 aliphatic heterocycles. The largest absolute Gasteiger partial charge is 0.338 e. The molecule has 6 rings (SSSR count). The lowest BCUT2D eigenvalue weighted by molar-refractivity contribution is 1.10. The van der Waals surface area contributed by atoms with Crippen LogP contribution in [0.15, 0.2) is 79.6 Å². The molecule has 2 N–H and O–H groups in total. The van der Waals surface area contributed by atoms with Gasteiger partial charge in [-0.05, 0) is 35.9 Å². The quantitative estimate of drug-likeness (QED) is 0.460. The van der Waals surface area contributed by atoms with Gasteiger partial charge in [-0.3, -0.25) is 15.1 Å². The Kier molecular flexibility index (Phi) is 3.64. The van der Waals surface area contributed by atoms with Gasteiger partial charge in [0.1, 0.15) is 5.65 Å². The van der Waals surface area contributed by atoms with Crippen molar-refractivity contribution in [2.24, 2.45) is 0 Å². The number of nitrogens with zero attached hydrogens (tertiary/aromatic N) is 5. The van der Waals surface area contributed by atoms with E-state index in [0.717, 1.165) is 50.1 Å². The molecule has 0 amide bonds. The van der Waals surface area contributed by atoms with Crippen molar-refractivity contribution in [2.45, 2.75) is 0 Å². The second kappa shape index (κ2) is 6.59. The summed E-state index contributed by atoms with van der Waals surface area (Å²) in [4.78, 5) is 20.9. The molecule has 0 saturated heterocycles. The molecule has 0 unspecified atom stereocenters. The maximum absolute atomic E-state index is 4.51. The van der Waals surface area contributed by atoms with Crippen molar-refractivity contribution in [1.82, 2.24) is 35.1 Å². The second-order valence-corrected chi connectivity index (χ2v) is 6.98. The van der Waals surface area contributed by atoms with Crippen LogP contribution in [0.25, 0.3) is 55.7 Å². The van der Waals surface area contributed by atoms with Crippen molar-refractivity contribution in [3.8, 4) is 33.6 Å². The Bertz CT molecular complexity index is 1480. The summed E-state index contributed by atoms with van der Waals surface area (Å²) in [5, 5.41) is 9.47. The van der Waals surface area contributed by atoms with Crippen LogP contribution in [0.3, 0.4) is 0 Å². The Balaban J connectivity index is 1.52. The minimum Gasteiger partial charge on any atom is -0.338 e. The molecule has 0 saturated carbocycles. The monoisotopic (exact) mass is 389 g/mol. The van der Waals surface area contributed by atoms with E-state index >= 15 is 0 Å². The SMILES string of the molecule is c1cncc(-c2cnc3n[nH]c(-c4cc5c(-c6cccnc6)ccnc5[nH]4)c3c2)c1. The normalized spacial score (nSPS) is 11.3. The van der Waals surface area contributed by atoms with Crippen LogP contribution in [-0.2, 0) is 0 Å². The summed E-state index contributed by atoms with van der Waals surface area (Å²) in [6.45, 7) is 0. The number of hydrogen-bond donors (Lipinski definition) is 2. The van der Waals surface area contributed by atoms with Gasteiger partial charge in [-0.25, -0.2) is 9.97 Å². The van der Waals surface area contributed by atoms with Gasteiger partial charge in [0.15, 0.2) is 5.65 Å². The minimum absolute atomic E-state index is 0.664. The fourth-order valence-electron chi connectivity index (χ4n) is 3.73. The van der Waals surface area contributed by atoms with Crippen molar-refractivity contribution >= 4 is 22.1 Å². The highest BCUT2D eigenvalue weighted by Gasteiger charge is 2.15. The molecule has 0 fully saturated rings. The van der Waals surface area contributed by atoms with Gasteiger partial charge in [-0.15, -0.1) is 0 Å². The van der Waals surface area contributed by atoms with Crippen LogP contribution >= 0.6 is 0 Å². The highest BCUT2D eigenvalue weighted by atomic mass is 15.2. The molecular weight excluding hydrogens is 374 g/mol. The van der Waals surface area contributed by atoms with Gasteiger partial charge in [-0.2, -0.15) is 5.10 Å². The third-order valence-electron chi connectivity index (χ3n) is 5.18. The van der Waals surface area contributed by atoms with E-state index < -0.39 is 0 Å². The zero-order chi connectivity index (χ0) is 19.9. The van der Waals surface area contributed by atoms with Gasteiger partial charge in [-0.1, -0.05) is 12.1 Å². The van der Waals surface area contributed by atoms with Crippen LogP contribution in [0.5, 0.6) is 0 Å². The van der Waals surface area contributed by atoms with Crippen molar-refractivity contribution in [1.29, 1.82) is 0 Å². The van der Waals surface area contributed by atoms with Crippen molar-refractivity contribution in [3.63, 3.8) is 0 Å². The first-order valence-corrected chi connectivity index (χ1v) is 9.50. The van der Waals surface area contributed by atoms with E-state index in [4.69, 9.17) is 0 Å². The van der Waals surface area contributed by atoms with Gasteiger partial charge in [0.2, 0.25) is 0 Å². The molecule has 0 radical (unpaired) electrons. The van der Waals surface area contributed by atoms with Crippen LogP contribution in [-0.4, -0.2) is 35.1 Å². The molecule has 142 valence electrons. The topological polar surface area (TPSA) is 96.0 Å². The van der Waals surface area contributed by atoms with Gasteiger partial charge >= 0.3 is 0 Å². The Morgan fingerprint density at radius 1 is 0.700 bits per heavy atom. The zero-order valence-electron chi connectivity index (χ0n) is 15.7. The van der Waals surface area contributed by atoms with Crippen molar-refractivity contribution < 1.29 is 0 Å². The van der Waals surface area contributed by atoms with Gasteiger partial charge in [0, 0.05) is 64.6 Å². The average molecular weight is 389 g/mol. The summed E-state index contributed by atoms with van der Waals surface area (Å²) in [5.41, 5.74) is 7.38. The number of H-pyrrole nitrogens is 2.